The average Bonchev–Trinajstić information content (AvgIpc) is 2.74. The molecule has 0 saturated heterocycles. The van der Waals surface area contributed by atoms with Crippen LogP contribution in [0.1, 0.15) is 30.9 Å². The Labute approximate surface area is 177 Å². The number of hydrogen-bond donors (Lipinski definition) is 1. The number of nitrogens with zero attached hydrogens (tertiary/aromatic N) is 2. The summed E-state index contributed by atoms with van der Waals surface area (Å²) in [6.45, 7) is 1.90. The molecule has 0 spiro atoms. The Hall–Kier alpha value is -3.42. The fraction of sp³-hybridized carbons (Fsp3) is 0.261. The third kappa shape index (κ3) is 6.04. The predicted octanol–water partition coefficient (Wildman–Crippen LogP) is 4.91. The highest BCUT2D eigenvalue weighted by Gasteiger charge is 2.30. The molecule has 1 heterocycles. The molecular formula is C23H22F3N3O2. The number of anilines is 1. The average molecular weight is 429 g/mol. The predicted molar refractivity (Wildman–Crippen MR) is 113 cm³/mol. The van der Waals surface area contributed by atoms with Crippen LogP contribution in [0.25, 0.3) is 11.3 Å². The van der Waals surface area contributed by atoms with Gasteiger partial charge in [-0.05, 0) is 42.7 Å². The molecule has 31 heavy (non-hydrogen) atoms. The first-order valence-electron chi connectivity index (χ1n) is 9.89. The molecule has 1 amide bonds. The number of amides is 1. The molecule has 3 rings (SSSR count). The summed E-state index contributed by atoms with van der Waals surface area (Å²) in [4.78, 5) is 28.7. The lowest BCUT2D eigenvalue weighted by Crippen LogP contribution is -2.27. The fourth-order valence-electron chi connectivity index (χ4n) is 3.02. The molecule has 0 aliphatic rings. The molecule has 1 N–H and O–H groups in total. The van der Waals surface area contributed by atoms with Gasteiger partial charge in [-0.2, -0.15) is 13.2 Å². The van der Waals surface area contributed by atoms with Crippen LogP contribution in [0, 0.1) is 0 Å². The van der Waals surface area contributed by atoms with Gasteiger partial charge in [0.2, 0.25) is 5.91 Å². The van der Waals surface area contributed by atoms with Crippen molar-refractivity contribution in [1.82, 2.24) is 9.55 Å². The number of nitrogens with one attached hydrogen (secondary N) is 1. The van der Waals surface area contributed by atoms with Gasteiger partial charge in [0.1, 0.15) is 6.54 Å². The summed E-state index contributed by atoms with van der Waals surface area (Å²) in [6.07, 6.45) is -0.0264. The van der Waals surface area contributed by atoms with Crippen LogP contribution in [-0.4, -0.2) is 15.5 Å². The lowest BCUT2D eigenvalue weighted by molar-refractivity contribution is -0.137. The highest BCUT2D eigenvalue weighted by Crippen LogP contribution is 2.30. The van der Waals surface area contributed by atoms with Crippen molar-refractivity contribution in [3.05, 3.63) is 82.4 Å². The minimum absolute atomic E-state index is 0.225. The molecule has 0 fully saturated rings. The maximum atomic E-state index is 12.7. The topological polar surface area (TPSA) is 64.0 Å². The van der Waals surface area contributed by atoms with E-state index in [0.717, 1.165) is 36.0 Å². The molecular weight excluding hydrogens is 407 g/mol. The molecule has 0 aliphatic heterocycles. The number of carbonyl (C=O) groups excluding carboxylic acids is 1. The van der Waals surface area contributed by atoms with E-state index in [9.17, 15) is 22.8 Å². The lowest BCUT2D eigenvalue weighted by atomic mass is 10.1. The summed E-state index contributed by atoms with van der Waals surface area (Å²) < 4.78 is 39.2. The number of unbranched alkanes of at least 4 members (excludes halogenated alkanes) is 1. The molecule has 0 aliphatic carbocycles. The molecule has 0 atom stereocenters. The molecule has 5 nitrogen and oxygen atoms in total. The van der Waals surface area contributed by atoms with Crippen molar-refractivity contribution in [3.63, 3.8) is 0 Å². The summed E-state index contributed by atoms with van der Waals surface area (Å²) in [6, 6.07) is 13.1. The third-order valence-corrected chi connectivity index (χ3v) is 4.76. The number of alkyl halides is 3. The Balaban J connectivity index is 1.65. The van der Waals surface area contributed by atoms with Gasteiger partial charge in [0.05, 0.1) is 17.6 Å². The molecule has 3 aromatic rings. The van der Waals surface area contributed by atoms with E-state index in [2.05, 4.69) is 17.2 Å². The van der Waals surface area contributed by atoms with Crippen LogP contribution in [0.3, 0.4) is 0 Å². The van der Waals surface area contributed by atoms with Crippen molar-refractivity contribution >= 4 is 11.6 Å². The van der Waals surface area contributed by atoms with Gasteiger partial charge in [-0.1, -0.05) is 37.6 Å². The van der Waals surface area contributed by atoms with Gasteiger partial charge in [0.25, 0.3) is 5.56 Å². The van der Waals surface area contributed by atoms with Gasteiger partial charge >= 0.3 is 6.18 Å². The van der Waals surface area contributed by atoms with Crippen molar-refractivity contribution in [3.8, 4) is 11.3 Å². The Morgan fingerprint density at radius 2 is 1.74 bits per heavy atom. The van der Waals surface area contributed by atoms with Crippen molar-refractivity contribution in [1.29, 1.82) is 0 Å². The monoisotopic (exact) mass is 429 g/mol. The second-order valence-corrected chi connectivity index (χ2v) is 7.16. The maximum absolute atomic E-state index is 12.7. The second-order valence-electron chi connectivity index (χ2n) is 7.16. The first kappa shape index (κ1) is 22.3. The summed E-state index contributed by atoms with van der Waals surface area (Å²) >= 11 is 0. The van der Waals surface area contributed by atoms with Crippen molar-refractivity contribution in [2.24, 2.45) is 0 Å². The van der Waals surface area contributed by atoms with Crippen molar-refractivity contribution in [2.75, 3.05) is 5.32 Å². The van der Waals surface area contributed by atoms with Gasteiger partial charge in [-0.25, -0.2) is 4.98 Å². The fourth-order valence-corrected chi connectivity index (χ4v) is 3.02. The van der Waals surface area contributed by atoms with E-state index >= 15 is 0 Å². The SMILES string of the molecule is CCCCc1ccc(NC(=O)Cn2cnc(-c3ccc(C(F)(F)F)cc3)cc2=O)cc1. The van der Waals surface area contributed by atoms with Crippen LogP contribution in [0.5, 0.6) is 0 Å². The van der Waals surface area contributed by atoms with E-state index < -0.39 is 17.3 Å². The van der Waals surface area contributed by atoms with Crippen molar-refractivity contribution in [2.45, 2.75) is 38.9 Å². The summed E-state index contributed by atoms with van der Waals surface area (Å²) in [5, 5.41) is 2.73. The summed E-state index contributed by atoms with van der Waals surface area (Å²) in [5.41, 5.74) is 1.18. The molecule has 8 heteroatoms. The van der Waals surface area contributed by atoms with Gasteiger partial charge in [0.15, 0.2) is 0 Å². The van der Waals surface area contributed by atoms with E-state index in [4.69, 9.17) is 0 Å². The first-order valence-corrected chi connectivity index (χ1v) is 9.89. The van der Waals surface area contributed by atoms with Crippen LogP contribution in [0.2, 0.25) is 0 Å². The third-order valence-electron chi connectivity index (χ3n) is 4.76. The van der Waals surface area contributed by atoms with Gasteiger partial charge in [-0.15, -0.1) is 0 Å². The lowest BCUT2D eigenvalue weighted by Gasteiger charge is -2.09. The van der Waals surface area contributed by atoms with Gasteiger partial charge < -0.3 is 5.32 Å². The number of aromatic nitrogens is 2. The van der Waals surface area contributed by atoms with E-state index in [1.165, 1.54) is 30.1 Å². The molecule has 0 bridgehead atoms. The molecule has 0 saturated carbocycles. The van der Waals surface area contributed by atoms with Gasteiger partial charge in [-0.3, -0.25) is 14.2 Å². The number of halogens is 3. The number of aryl methyl sites for hydroxylation is 1. The summed E-state index contributed by atoms with van der Waals surface area (Å²) in [5.74, 6) is -0.382. The van der Waals surface area contributed by atoms with E-state index in [1.54, 1.807) is 0 Å². The highest BCUT2D eigenvalue weighted by molar-refractivity contribution is 5.90. The van der Waals surface area contributed by atoms with Crippen molar-refractivity contribution < 1.29 is 18.0 Å². The first-order chi connectivity index (χ1) is 14.8. The minimum atomic E-state index is -4.43. The van der Waals surface area contributed by atoms with E-state index in [1.807, 2.05) is 24.3 Å². The largest absolute Gasteiger partial charge is 0.416 e. The molecule has 162 valence electrons. The molecule has 1 aromatic heterocycles. The van der Waals surface area contributed by atoms with Crippen LogP contribution in [0.4, 0.5) is 18.9 Å². The van der Waals surface area contributed by atoms with E-state index in [-0.39, 0.29) is 18.1 Å². The van der Waals surface area contributed by atoms with Gasteiger partial charge in [0, 0.05) is 17.3 Å². The Morgan fingerprint density at radius 3 is 2.32 bits per heavy atom. The minimum Gasteiger partial charge on any atom is -0.325 e. The van der Waals surface area contributed by atoms with Crippen LogP contribution in [0.15, 0.2) is 65.7 Å². The number of carbonyl (C=O) groups is 1. The standard InChI is InChI=1S/C23H22F3N3O2/c1-2-3-4-16-5-11-19(12-6-16)28-21(30)14-29-15-27-20(13-22(29)31)17-7-9-18(10-8-17)23(24,25)26/h5-13,15H,2-4,14H2,1H3,(H,28,30). The van der Waals surface area contributed by atoms with Crippen LogP contribution < -0.4 is 10.9 Å². The normalized spacial score (nSPS) is 11.4. The summed E-state index contributed by atoms with van der Waals surface area (Å²) in [7, 11) is 0. The Morgan fingerprint density at radius 1 is 1.06 bits per heavy atom. The number of hydrogen-bond acceptors (Lipinski definition) is 3. The second kappa shape index (κ2) is 9.59. The molecule has 0 unspecified atom stereocenters. The number of rotatable bonds is 7. The van der Waals surface area contributed by atoms with Crippen LogP contribution in [-0.2, 0) is 23.9 Å². The Bertz CT molecular complexity index is 1090. The van der Waals surface area contributed by atoms with Crippen LogP contribution >= 0.6 is 0 Å². The maximum Gasteiger partial charge on any atom is 0.416 e. The zero-order valence-corrected chi connectivity index (χ0v) is 16.9. The number of benzene rings is 2. The molecule has 0 radical (unpaired) electrons. The zero-order chi connectivity index (χ0) is 22.4. The molecule has 2 aromatic carbocycles. The Kier molecular flexibility index (Phi) is 6.89. The highest BCUT2D eigenvalue weighted by atomic mass is 19.4. The smallest absolute Gasteiger partial charge is 0.325 e. The zero-order valence-electron chi connectivity index (χ0n) is 16.9. The quantitative estimate of drug-likeness (QED) is 0.580. The van der Waals surface area contributed by atoms with E-state index in [0.29, 0.717) is 11.3 Å².